The van der Waals surface area contributed by atoms with Gasteiger partial charge < -0.3 is 10.1 Å². The Morgan fingerprint density at radius 3 is 2.57 bits per heavy atom. The van der Waals surface area contributed by atoms with Crippen molar-refractivity contribution in [3.63, 3.8) is 0 Å². The van der Waals surface area contributed by atoms with E-state index in [1.165, 1.54) is 18.2 Å². The molecule has 0 saturated carbocycles. The molecular formula is C16H15ClN2O4. The van der Waals surface area contributed by atoms with Crippen molar-refractivity contribution in [3.8, 4) is 5.75 Å². The second-order valence-electron chi connectivity index (χ2n) is 4.75. The molecule has 120 valence electrons. The van der Waals surface area contributed by atoms with Gasteiger partial charge in [-0.25, -0.2) is 0 Å². The van der Waals surface area contributed by atoms with Crippen molar-refractivity contribution in [2.75, 3.05) is 11.9 Å². The first kappa shape index (κ1) is 16.8. The summed E-state index contributed by atoms with van der Waals surface area (Å²) in [4.78, 5) is 22.4. The highest BCUT2D eigenvalue weighted by molar-refractivity contribution is 6.32. The third-order valence-corrected chi connectivity index (χ3v) is 3.31. The normalized spacial score (nSPS) is 10.2. The summed E-state index contributed by atoms with van der Waals surface area (Å²) in [5.74, 6) is 0.314. The zero-order valence-electron chi connectivity index (χ0n) is 12.4. The summed E-state index contributed by atoms with van der Waals surface area (Å²) in [6.45, 7) is 2.62. The molecule has 1 amide bonds. The van der Waals surface area contributed by atoms with E-state index in [9.17, 15) is 14.9 Å². The van der Waals surface area contributed by atoms with E-state index in [0.717, 1.165) is 6.42 Å². The number of nitro benzene ring substituents is 1. The molecule has 2 aromatic carbocycles. The van der Waals surface area contributed by atoms with Crippen molar-refractivity contribution < 1.29 is 14.5 Å². The molecule has 0 radical (unpaired) electrons. The third kappa shape index (κ3) is 4.43. The minimum absolute atomic E-state index is 0.0189. The Bertz CT molecular complexity index is 717. The lowest BCUT2D eigenvalue weighted by Crippen LogP contribution is -2.12. The number of nitrogens with zero attached hydrogens (tertiary/aromatic N) is 1. The molecule has 0 heterocycles. The number of nitrogens with one attached hydrogen (secondary N) is 1. The second kappa shape index (κ2) is 7.60. The van der Waals surface area contributed by atoms with Gasteiger partial charge in [-0.15, -0.1) is 0 Å². The number of hydrogen-bond donors (Lipinski definition) is 1. The van der Waals surface area contributed by atoms with Crippen LogP contribution in [0.5, 0.6) is 5.75 Å². The van der Waals surface area contributed by atoms with Crippen molar-refractivity contribution in [1.29, 1.82) is 0 Å². The van der Waals surface area contributed by atoms with Crippen molar-refractivity contribution in [2.24, 2.45) is 0 Å². The number of hydrogen-bond acceptors (Lipinski definition) is 4. The maximum atomic E-state index is 12.2. The van der Waals surface area contributed by atoms with Crippen LogP contribution in [0, 0.1) is 10.1 Å². The third-order valence-electron chi connectivity index (χ3n) is 2.99. The fourth-order valence-electron chi connectivity index (χ4n) is 1.86. The van der Waals surface area contributed by atoms with Gasteiger partial charge in [-0.3, -0.25) is 14.9 Å². The Hall–Kier alpha value is -2.60. The number of carbonyl (C=O) groups excluding carboxylic acids is 1. The molecule has 23 heavy (non-hydrogen) atoms. The number of carbonyl (C=O) groups is 1. The Kier molecular flexibility index (Phi) is 5.54. The molecule has 0 aliphatic rings. The lowest BCUT2D eigenvalue weighted by molar-refractivity contribution is -0.384. The second-order valence-corrected chi connectivity index (χ2v) is 5.16. The molecule has 0 spiro atoms. The van der Waals surface area contributed by atoms with Gasteiger partial charge in [0, 0.05) is 17.3 Å². The van der Waals surface area contributed by atoms with Crippen LogP contribution in [0.2, 0.25) is 5.02 Å². The quantitative estimate of drug-likeness (QED) is 0.631. The number of anilines is 1. The number of halogens is 1. The molecule has 0 aliphatic heterocycles. The van der Waals surface area contributed by atoms with Crippen molar-refractivity contribution in [1.82, 2.24) is 0 Å². The number of nitro groups is 1. The van der Waals surface area contributed by atoms with Crippen LogP contribution in [-0.2, 0) is 0 Å². The van der Waals surface area contributed by atoms with Crippen LogP contribution < -0.4 is 10.1 Å². The summed E-state index contributed by atoms with van der Waals surface area (Å²) in [5.41, 5.74) is 0.469. The number of rotatable bonds is 6. The number of amides is 1. The van der Waals surface area contributed by atoms with E-state index in [1.54, 1.807) is 24.3 Å². The molecule has 6 nitrogen and oxygen atoms in total. The molecule has 0 bridgehead atoms. The fraction of sp³-hybridized carbons (Fsp3) is 0.188. The van der Waals surface area contributed by atoms with E-state index in [0.29, 0.717) is 23.6 Å². The largest absolute Gasteiger partial charge is 0.494 e. The van der Waals surface area contributed by atoms with Crippen LogP contribution in [0.25, 0.3) is 0 Å². The predicted octanol–water partition coefficient (Wildman–Crippen LogP) is 4.29. The molecule has 0 unspecified atom stereocenters. The van der Waals surface area contributed by atoms with Crippen molar-refractivity contribution in [2.45, 2.75) is 13.3 Å². The van der Waals surface area contributed by atoms with Gasteiger partial charge in [0.15, 0.2) is 0 Å². The fourth-order valence-corrected chi connectivity index (χ4v) is 2.04. The summed E-state index contributed by atoms with van der Waals surface area (Å²) in [7, 11) is 0. The molecule has 0 aliphatic carbocycles. The molecule has 0 fully saturated rings. The van der Waals surface area contributed by atoms with Crippen LogP contribution in [-0.4, -0.2) is 17.4 Å². The standard InChI is InChI=1S/C16H15ClN2O4/c1-2-9-23-13-6-3-11(4-7-13)16(20)18-12-5-8-14(17)15(10-12)19(21)22/h3-8,10H,2,9H2,1H3,(H,18,20). The maximum absolute atomic E-state index is 12.2. The monoisotopic (exact) mass is 334 g/mol. The molecule has 0 atom stereocenters. The van der Waals surface area contributed by atoms with Crippen LogP contribution in [0.15, 0.2) is 42.5 Å². The van der Waals surface area contributed by atoms with Gasteiger partial charge in [0.05, 0.1) is 11.5 Å². The molecule has 2 aromatic rings. The average molecular weight is 335 g/mol. The zero-order valence-corrected chi connectivity index (χ0v) is 13.2. The van der Waals surface area contributed by atoms with Gasteiger partial charge in [0.25, 0.3) is 11.6 Å². The van der Waals surface area contributed by atoms with Crippen molar-refractivity contribution >= 4 is 28.9 Å². The first-order chi connectivity index (χ1) is 11.0. The minimum atomic E-state index is -0.599. The van der Waals surface area contributed by atoms with Gasteiger partial charge in [-0.2, -0.15) is 0 Å². The summed E-state index contributed by atoms with van der Waals surface area (Å²) in [6, 6.07) is 10.8. The van der Waals surface area contributed by atoms with Gasteiger partial charge in [0.2, 0.25) is 0 Å². The van der Waals surface area contributed by atoms with Gasteiger partial charge in [-0.1, -0.05) is 18.5 Å². The van der Waals surface area contributed by atoms with E-state index >= 15 is 0 Å². The maximum Gasteiger partial charge on any atom is 0.289 e. The number of ether oxygens (including phenoxy) is 1. The van der Waals surface area contributed by atoms with E-state index in [2.05, 4.69) is 5.32 Å². The first-order valence-corrected chi connectivity index (χ1v) is 7.37. The summed E-state index contributed by atoms with van der Waals surface area (Å²) < 4.78 is 5.44. The Balaban J connectivity index is 2.09. The first-order valence-electron chi connectivity index (χ1n) is 6.99. The van der Waals surface area contributed by atoms with Gasteiger partial charge in [-0.05, 0) is 42.8 Å². The smallest absolute Gasteiger partial charge is 0.289 e. The van der Waals surface area contributed by atoms with E-state index < -0.39 is 4.92 Å². The lowest BCUT2D eigenvalue weighted by atomic mass is 10.2. The van der Waals surface area contributed by atoms with E-state index in [-0.39, 0.29) is 16.6 Å². The molecule has 2 rings (SSSR count). The number of benzene rings is 2. The lowest BCUT2D eigenvalue weighted by Gasteiger charge is -2.07. The Morgan fingerprint density at radius 1 is 1.26 bits per heavy atom. The molecule has 0 saturated heterocycles. The highest BCUT2D eigenvalue weighted by Crippen LogP contribution is 2.27. The van der Waals surface area contributed by atoms with Crippen LogP contribution >= 0.6 is 11.6 Å². The van der Waals surface area contributed by atoms with Crippen molar-refractivity contribution in [3.05, 3.63) is 63.2 Å². The highest BCUT2D eigenvalue weighted by Gasteiger charge is 2.14. The molecule has 1 N–H and O–H groups in total. The molecule has 7 heteroatoms. The van der Waals surface area contributed by atoms with E-state index in [4.69, 9.17) is 16.3 Å². The summed E-state index contributed by atoms with van der Waals surface area (Å²) in [5, 5.41) is 13.5. The SMILES string of the molecule is CCCOc1ccc(C(=O)Nc2ccc(Cl)c([N+](=O)[O-])c2)cc1. The minimum Gasteiger partial charge on any atom is -0.494 e. The Morgan fingerprint density at radius 2 is 1.96 bits per heavy atom. The average Bonchev–Trinajstić information content (AvgIpc) is 2.54. The summed E-state index contributed by atoms with van der Waals surface area (Å²) in [6.07, 6.45) is 0.900. The summed E-state index contributed by atoms with van der Waals surface area (Å²) >= 11 is 5.74. The van der Waals surface area contributed by atoms with Gasteiger partial charge in [0.1, 0.15) is 10.8 Å². The van der Waals surface area contributed by atoms with Crippen LogP contribution in [0.3, 0.4) is 0 Å². The van der Waals surface area contributed by atoms with Crippen LogP contribution in [0.4, 0.5) is 11.4 Å². The van der Waals surface area contributed by atoms with Crippen LogP contribution in [0.1, 0.15) is 23.7 Å². The highest BCUT2D eigenvalue weighted by atomic mass is 35.5. The van der Waals surface area contributed by atoms with Gasteiger partial charge >= 0.3 is 0 Å². The van der Waals surface area contributed by atoms with E-state index in [1.807, 2.05) is 6.92 Å². The molecule has 0 aromatic heterocycles. The Labute approximate surface area is 138 Å². The zero-order chi connectivity index (χ0) is 16.8. The molecular weight excluding hydrogens is 320 g/mol. The topological polar surface area (TPSA) is 81.5 Å². The predicted molar refractivity (Wildman–Crippen MR) is 88.3 cm³/mol.